The summed E-state index contributed by atoms with van der Waals surface area (Å²) >= 11 is 1.71. The van der Waals surface area contributed by atoms with E-state index in [2.05, 4.69) is 33.1 Å². The van der Waals surface area contributed by atoms with Gasteiger partial charge in [0.05, 0.1) is 17.8 Å². The van der Waals surface area contributed by atoms with Gasteiger partial charge in [-0.1, -0.05) is 20.8 Å². The van der Waals surface area contributed by atoms with Crippen molar-refractivity contribution >= 4 is 17.1 Å². The summed E-state index contributed by atoms with van der Waals surface area (Å²) in [5.41, 5.74) is 4.28. The van der Waals surface area contributed by atoms with Crippen molar-refractivity contribution in [1.29, 1.82) is 0 Å². The Morgan fingerprint density at radius 2 is 2.08 bits per heavy atom. The zero-order valence-electron chi connectivity index (χ0n) is 15.8. The van der Waals surface area contributed by atoms with Gasteiger partial charge in [-0.2, -0.15) is 0 Å². The first-order valence-electron chi connectivity index (χ1n) is 9.07. The molecule has 3 nitrogen and oxygen atoms in total. The summed E-state index contributed by atoms with van der Waals surface area (Å²) in [6.45, 7) is 8.65. The number of nitrogens with zero attached hydrogens (tertiary/aromatic N) is 1. The lowest BCUT2D eigenvalue weighted by atomic mass is 9.79. The zero-order valence-corrected chi connectivity index (χ0v) is 16.6. The molecule has 0 amide bonds. The maximum Gasteiger partial charge on any atom is 0.163 e. The zero-order chi connectivity index (χ0) is 18.1. The molecule has 1 aliphatic rings. The number of carbonyl (C=O) groups excluding carboxylic acids is 1. The molecule has 1 aliphatic carbocycles. The van der Waals surface area contributed by atoms with Crippen LogP contribution in [0.1, 0.15) is 77.6 Å². The maximum atomic E-state index is 13.0. The number of carbonyl (C=O) groups is 1. The molecule has 0 spiro atoms. The Labute approximate surface area is 154 Å². The predicted molar refractivity (Wildman–Crippen MR) is 103 cm³/mol. The molecule has 3 rings (SSSR count). The first-order valence-corrected chi connectivity index (χ1v) is 9.95. The first kappa shape index (κ1) is 18.1. The van der Waals surface area contributed by atoms with Gasteiger partial charge in [0.2, 0.25) is 0 Å². The van der Waals surface area contributed by atoms with Gasteiger partial charge in [-0.25, -0.2) is 4.98 Å². The van der Waals surface area contributed by atoms with Crippen molar-refractivity contribution in [2.75, 3.05) is 7.11 Å². The van der Waals surface area contributed by atoms with Gasteiger partial charge < -0.3 is 4.74 Å². The van der Waals surface area contributed by atoms with E-state index in [9.17, 15) is 4.79 Å². The lowest BCUT2D eigenvalue weighted by Gasteiger charge is -2.26. The standard InChI is InChI=1S/C21H27NO2S/c1-12(2)18-11-25-21(22-18)17-10-19(23)16-8-9-20(24-5)14(4)15(16)7-6-13(17)3/h8-9,11-13,17H,6-7,10H2,1-5H3. The van der Waals surface area contributed by atoms with E-state index < -0.39 is 0 Å². The molecule has 2 atom stereocenters. The molecule has 1 aromatic carbocycles. The van der Waals surface area contributed by atoms with Crippen molar-refractivity contribution < 1.29 is 9.53 Å². The third-order valence-electron chi connectivity index (χ3n) is 5.46. The minimum Gasteiger partial charge on any atom is -0.496 e. The second kappa shape index (κ2) is 7.28. The Morgan fingerprint density at radius 3 is 2.72 bits per heavy atom. The van der Waals surface area contributed by atoms with Crippen LogP contribution in [0.25, 0.3) is 0 Å². The van der Waals surface area contributed by atoms with E-state index in [0.717, 1.165) is 46.0 Å². The highest BCUT2D eigenvalue weighted by Crippen LogP contribution is 2.39. The van der Waals surface area contributed by atoms with Crippen molar-refractivity contribution in [2.24, 2.45) is 5.92 Å². The number of methoxy groups -OCH3 is 1. The van der Waals surface area contributed by atoms with E-state index in [4.69, 9.17) is 9.72 Å². The van der Waals surface area contributed by atoms with Crippen LogP contribution in [0, 0.1) is 12.8 Å². The Balaban J connectivity index is 1.95. The number of ketones is 1. The molecule has 0 N–H and O–H groups in total. The van der Waals surface area contributed by atoms with Gasteiger partial charge in [-0.3, -0.25) is 4.79 Å². The Kier molecular flexibility index (Phi) is 5.28. The van der Waals surface area contributed by atoms with Crippen LogP contribution in [0.3, 0.4) is 0 Å². The quantitative estimate of drug-likeness (QED) is 0.726. The second-order valence-corrected chi connectivity index (χ2v) is 8.32. The van der Waals surface area contributed by atoms with Crippen LogP contribution < -0.4 is 4.74 Å². The lowest BCUT2D eigenvalue weighted by molar-refractivity contribution is 0.0959. The highest BCUT2D eigenvalue weighted by atomic mass is 32.1. The van der Waals surface area contributed by atoms with Crippen LogP contribution in [-0.2, 0) is 6.42 Å². The summed E-state index contributed by atoms with van der Waals surface area (Å²) in [5.74, 6) is 2.20. The fourth-order valence-electron chi connectivity index (χ4n) is 3.69. The summed E-state index contributed by atoms with van der Waals surface area (Å²) in [4.78, 5) is 17.9. The summed E-state index contributed by atoms with van der Waals surface area (Å²) in [6.07, 6.45) is 2.53. The molecule has 2 aromatic rings. The van der Waals surface area contributed by atoms with Crippen LogP contribution in [0.5, 0.6) is 5.75 Å². The number of ether oxygens (including phenoxy) is 1. The van der Waals surface area contributed by atoms with E-state index in [1.165, 1.54) is 0 Å². The van der Waals surface area contributed by atoms with Crippen molar-refractivity contribution in [1.82, 2.24) is 4.98 Å². The number of Topliss-reactive ketones (excluding diaryl/α,β-unsaturated/α-hetero) is 1. The molecule has 2 unspecified atom stereocenters. The van der Waals surface area contributed by atoms with Crippen molar-refractivity contribution in [3.8, 4) is 5.75 Å². The van der Waals surface area contributed by atoms with Gasteiger partial charge in [-0.15, -0.1) is 11.3 Å². The predicted octanol–water partition coefficient (Wildman–Crippen LogP) is 5.52. The summed E-state index contributed by atoms with van der Waals surface area (Å²) in [7, 11) is 1.69. The number of rotatable bonds is 3. The van der Waals surface area contributed by atoms with Gasteiger partial charge in [0.25, 0.3) is 0 Å². The molecule has 1 heterocycles. The molecule has 0 bridgehead atoms. The summed E-state index contributed by atoms with van der Waals surface area (Å²) in [6, 6.07) is 3.87. The minimum atomic E-state index is 0.223. The third-order valence-corrected chi connectivity index (χ3v) is 6.45. The number of aromatic nitrogens is 1. The van der Waals surface area contributed by atoms with Crippen LogP contribution in [-0.4, -0.2) is 17.9 Å². The number of benzene rings is 1. The molecule has 0 saturated carbocycles. The Hall–Kier alpha value is -1.68. The minimum absolute atomic E-state index is 0.223. The maximum absolute atomic E-state index is 13.0. The fourth-order valence-corrected chi connectivity index (χ4v) is 4.91. The molecule has 0 aliphatic heterocycles. The molecule has 0 radical (unpaired) electrons. The monoisotopic (exact) mass is 357 g/mol. The molecule has 0 saturated heterocycles. The summed E-state index contributed by atoms with van der Waals surface area (Å²) < 4.78 is 5.44. The molecule has 134 valence electrons. The van der Waals surface area contributed by atoms with Gasteiger partial charge in [0.15, 0.2) is 5.78 Å². The average Bonchev–Trinajstić information content (AvgIpc) is 3.06. The van der Waals surface area contributed by atoms with Gasteiger partial charge >= 0.3 is 0 Å². The van der Waals surface area contributed by atoms with E-state index >= 15 is 0 Å². The van der Waals surface area contributed by atoms with Crippen LogP contribution in [0.2, 0.25) is 0 Å². The van der Waals surface area contributed by atoms with Gasteiger partial charge in [0, 0.05) is 23.3 Å². The summed E-state index contributed by atoms with van der Waals surface area (Å²) in [5, 5.41) is 3.28. The third kappa shape index (κ3) is 3.50. The normalized spacial score (nSPS) is 21.0. The number of fused-ring (bicyclic) bond motifs is 1. The second-order valence-electron chi connectivity index (χ2n) is 7.43. The largest absolute Gasteiger partial charge is 0.496 e. The molecule has 0 fully saturated rings. The van der Waals surface area contributed by atoms with Crippen LogP contribution >= 0.6 is 11.3 Å². The number of hydrogen-bond acceptors (Lipinski definition) is 4. The van der Waals surface area contributed by atoms with Crippen molar-refractivity contribution in [3.05, 3.63) is 44.9 Å². The smallest absolute Gasteiger partial charge is 0.163 e. The van der Waals surface area contributed by atoms with E-state index in [-0.39, 0.29) is 11.7 Å². The van der Waals surface area contributed by atoms with E-state index in [1.807, 2.05) is 12.1 Å². The molecule has 25 heavy (non-hydrogen) atoms. The van der Waals surface area contributed by atoms with Crippen molar-refractivity contribution in [2.45, 2.75) is 58.8 Å². The topological polar surface area (TPSA) is 39.2 Å². The van der Waals surface area contributed by atoms with Gasteiger partial charge in [-0.05, 0) is 54.9 Å². The van der Waals surface area contributed by atoms with Crippen LogP contribution in [0.4, 0.5) is 0 Å². The van der Waals surface area contributed by atoms with Gasteiger partial charge in [0.1, 0.15) is 5.75 Å². The SMILES string of the molecule is COc1ccc2c(c1C)CCC(C)C(c1nc(C(C)C)cs1)CC2=O. The fraction of sp³-hybridized carbons (Fsp3) is 0.524. The average molecular weight is 358 g/mol. The van der Waals surface area contributed by atoms with Crippen molar-refractivity contribution in [3.63, 3.8) is 0 Å². The lowest BCUT2D eigenvalue weighted by Crippen LogP contribution is -2.20. The Bertz CT molecular complexity index is 778. The molecule has 1 aromatic heterocycles. The highest BCUT2D eigenvalue weighted by molar-refractivity contribution is 7.09. The molecular weight excluding hydrogens is 330 g/mol. The van der Waals surface area contributed by atoms with E-state index in [1.54, 1.807) is 18.4 Å². The number of thiazole rings is 1. The van der Waals surface area contributed by atoms with E-state index in [0.29, 0.717) is 18.3 Å². The molecular formula is C21H27NO2S. The highest BCUT2D eigenvalue weighted by Gasteiger charge is 2.30. The first-order chi connectivity index (χ1) is 11.9. The Morgan fingerprint density at radius 1 is 1.32 bits per heavy atom. The van der Waals surface area contributed by atoms with Crippen LogP contribution in [0.15, 0.2) is 17.5 Å². The molecule has 4 heteroatoms. The number of hydrogen-bond donors (Lipinski definition) is 0.